The fourth-order valence-corrected chi connectivity index (χ4v) is 1.83. The first kappa shape index (κ1) is 11.0. The smallest absolute Gasteiger partial charge is 0.321 e. The molecule has 0 aliphatic heterocycles. The molecule has 0 aliphatic carbocycles. The molecule has 0 bridgehead atoms. The first-order valence-corrected chi connectivity index (χ1v) is 5.00. The van der Waals surface area contributed by atoms with Gasteiger partial charge in [0.05, 0.1) is 0 Å². The van der Waals surface area contributed by atoms with Crippen LogP contribution in [0.15, 0.2) is 11.5 Å². The van der Waals surface area contributed by atoms with Gasteiger partial charge in [-0.3, -0.25) is 4.79 Å². The molecule has 0 aliphatic rings. The number of aromatic nitrogens is 3. The summed E-state index contributed by atoms with van der Waals surface area (Å²) in [4.78, 5) is 14.6. The minimum atomic E-state index is -0.859. The van der Waals surface area contributed by atoms with Crippen LogP contribution < -0.4 is 5.32 Å². The fourth-order valence-electron chi connectivity index (χ4n) is 0.852. The van der Waals surface area contributed by atoms with E-state index in [-0.39, 0.29) is 0 Å². The second-order valence-electron chi connectivity index (χ2n) is 2.66. The zero-order valence-corrected chi connectivity index (χ0v) is 8.78. The molecule has 1 rings (SSSR count). The molecule has 1 aromatic heterocycles. The molecule has 1 atom stereocenters. The van der Waals surface area contributed by atoms with Crippen molar-refractivity contribution >= 4 is 17.7 Å². The highest BCUT2D eigenvalue weighted by Gasteiger charge is 2.15. The number of nitrogens with one attached hydrogen (secondary N) is 1. The molecule has 78 valence electrons. The Kier molecular flexibility index (Phi) is 3.90. The Morgan fingerprint density at radius 1 is 1.86 bits per heavy atom. The number of hydrogen-bond acceptors (Lipinski definition) is 5. The van der Waals surface area contributed by atoms with Crippen molar-refractivity contribution in [2.24, 2.45) is 7.05 Å². The van der Waals surface area contributed by atoms with Gasteiger partial charge in [-0.25, -0.2) is 9.67 Å². The molecule has 0 aromatic carbocycles. The van der Waals surface area contributed by atoms with Crippen molar-refractivity contribution in [3.8, 4) is 0 Å². The van der Waals surface area contributed by atoms with E-state index in [1.807, 2.05) is 0 Å². The minimum absolute atomic E-state index is 0.429. The average molecular weight is 216 g/mol. The molecule has 0 saturated heterocycles. The topological polar surface area (TPSA) is 80.0 Å². The molecule has 14 heavy (non-hydrogen) atoms. The van der Waals surface area contributed by atoms with E-state index in [0.717, 1.165) is 0 Å². The Hall–Kier alpha value is -1.08. The summed E-state index contributed by atoms with van der Waals surface area (Å²) in [6, 6.07) is -0.559. The number of carboxylic acid groups (broad SMARTS) is 1. The number of carboxylic acids is 1. The van der Waals surface area contributed by atoms with Crippen molar-refractivity contribution in [2.75, 3.05) is 12.8 Å². The van der Waals surface area contributed by atoms with Crippen LogP contribution in [0.3, 0.4) is 0 Å². The van der Waals surface area contributed by atoms with Crippen LogP contribution in [-0.2, 0) is 11.8 Å². The number of hydrogen-bond donors (Lipinski definition) is 2. The van der Waals surface area contributed by atoms with Crippen LogP contribution in [0.2, 0.25) is 0 Å². The van der Waals surface area contributed by atoms with Gasteiger partial charge in [0.15, 0.2) is 5.16 Å². The molecule has 0 radical (unpaired) electrons. The molecular formula is C7H12N4O2S. The summed E-state index contributed by atoms with van der Waals surface area (Å²) in [7, 11) is 3.39. The third-order valence-corrected chi connectivity index (χ3v) is 2.82. The molecule has 0 saturated carbocycles. The van der Waals surface area contributed by atoms with Crippen molar-refractivity contribution in [1.82, 2.24) is 20.1 Å². The lowest BCUT2D eigenvalue weighted by molar-refractivity contribution is -0.138. The highest BCUT2D eigenvalue weighted by atomic mass is 32.2. The lowest BCUT2D eigenvalue weighted by Gasteiger charge is -2.09. The van der Waals surface area contributed by atoms with Gasteiger partial charge in [0.1, 0.15) is 12.4 Å². The highest BCUT2D eigenvalue weighted by Crippen LogP contribution is 2.14. The second kappa shape index (κ2) is 4.97. The van der Waals surface area contributed by atoms with E-state index in [9.17, 15) is 4.79 Å². The first-order valence-electron chi connectivity index (χ1n) is 4.02. The third-order valence-electron chi connectivity index (χ3n) is 1.70. The van der Waals surface area contributed by atoms with Crippen molar-refractivity contribution in [3.05, 3.63) is 6.33 Å². The van der Waals surface area contributed by atoms with Gasteiger partial charge in [0.2, 0.25) is 0 Å². The van der Waals surface area contributed by atoms with Gasteiger partial charge in [-0.05, 0) is 7.05 Å². The number of aryl methyl sites for hydroxylation is 1. The fraction of sp³-hybridized carbons (Fsp3) is 0.571. The van der Waals surface area contributed by atoms with Gasteiger partial charge >= 0.3 is 5.97 Å². The standard InChI is InChI=1S/C7H12N4O2S/c1-8-5(6(12)13)3-14-7-9-4-10-11(7)2/h4-5,8H,3H2,1-2H3,(H,12,13). The maximum atomic E-state index is 10.7. The molecule has 0 spiro atoms. The summed E-state index contributed by atoms with van der Waals surface area (Å²) in [5.74, 6) is -0.430. The quantitative estimate of drug-likeness (QED) is 0.651. The van der Waals surface area contributed by atoms with Crippen LogP contribution in [0.25, 0.3) is 0 Å². The molecule has 0 fully saturated rings. The van der Waals surface area contributed by atoms with Crippen molar-refractivity contribution < 1.29 is 9.90 Å². The summed E-state index contributed by atoms with van der Waals surface area (Å²) in [6.07, 6.45) is 1.44. The van der Waals surface area contributed by atoms with Crippen molar-refractivity contribution in [3.63, 3.8) is 0 Å². The molecule has 1 heterocycles. The van der Waals surface area contributed by atoms with Gasteiger partial charge in [-0.15, -0.1) is 0 Å². The molecule has 2 N–H and O–H groups in total. The SMILES string of the molecule is CNC(CSc1ncnn1C)C(=O)O. The van der Waals surface area contributed by atoms with E-state index in [1.165, 1.54) is 18.1 Å². The third kappa shape index (κ3) is 2.71. The molecule has 6 nitrogen and oxygen atoms in total. The number of thioether (sulfide) groups is 1. The number of likely N-dealkylation sites (N-methyl/N-ethyl adjacent to an activating group) is 1. The van der Waals surface area contributed by atoms with Crippen LogP contribution >= 0.6 is 11.8 Å². The number of carbonyl (C=O) groups is 1. The Labute approximate surface area is 85.7 Å². The summed E-state index contributed by atoms with van der Waals surface area (Å²) >= 11 is 1.36. The van der Waals surface area contributed by atoms with E-state index in [4.69, 9.17) is 5.11 Å². The van der Waals surface area contributed by atoms with Gasteiger partial charge in [-0.1, -0.05) is 11.8 Å². The van der Waals surface area contributed by atoms with E-state index >= 15 is 0 Å². The Morgan fingerprint density at radius 2 is 2.57 bits per heavy atom. The molecule has 7 heteroatoms. The van der Waals surface area contributed by atoms with Crippen LogP contribution in [0.1, 0.15) is 0 Å². The van der Waals surface area contributed by atoms with E-state index in [2.05, 4.69) is 15.4 Å². The van der Waals surface area contributed by atoms with E-state index in [0.29, 0.717) is 10.9 Å². The molecule has 0 amide bonds. The lowest BCUT2D eigenvalue weighted by atomic mass is 10.3. The van der Waals surface area contributed by atoms with Gasteiger partial charge in [0.25, 0.3) is 0 Å². The molecule has 1 aromatic rings. The maximum Gasteiger partial charge on any atom is 0.321 e. The maximum absolute atomic E-state index is 10.7. The van der Waals surface area contributed by atoms with Crippen LogP contribution in [0.5, 0.6) is 0 Å². The molecule has 1 unspecified atom stereocenters. The van der Waals surface area contributed by atoms with Crippen LogP contribution in [0, 0.1) is 0 Å². The average Bonchev–Trinajstić information content (AvgIpc) is 2.52. The van der Waals surface area contributed by atoms with E-state index < -0.39 is 12.0 Å². The largest absolute Gasteiger partial charge is 0.480 e. The van der Waals surface area contributed by atoms with E-state index in [1.54, 1.807) is 18.8 Å². The van der Waals surface area contributed by atoms with Gasteiger partial charge in [-0.2, -0.15) is 5.10 Å². The summed E-state index contributed by atoms with van der Waals surface area (Å²) in [5, 5.41) is 16.1. The Bertz CT molecular complexity index is 314. The van der Waals surface area contributed by atoms with Gasteiger partial charge in [0, 0.05) is 12.8 Å². The van der Waals surface area contributed by atoms with Crippen molar-refractivity contribution in [2.45, 2.75) is 11.2 Å². The predicted molar refractivity (Wildman–Crippen MR) is 52.2 cm³/mol. The summed E-state index contributed by atoms with van der Waals surface area (Å²) < 4.78 is 1.61. The number of nitrogens with zero attached hydrogens (tertiary/aromatic N) is 3. The van der Waals surface area contributed by atoms with Crippen molar-refractivity contribution in [1.29, 1.82) is 0 Å². The van der Waals surface area contributed by atoms with Crippen LogP contribution in [0.4, 0.5) is 0 Å². The van der Waals surface area contributed by atoms with Gasteiger partial charge < -0.3 is 10.4 Å². The number of aliphatic carboxylic acids is 1. The normalized spacial score (nSPS) is 12.7. The zero-order chi connectivity index (χ0) is 10.6. The minimum Gasteiger partial charge on any atom is -0.480 e. The highest BCUT2D eigenvalue weighted by molar-refractivity contribution is 7.99. The zero-order valence-electron chi connectivity index (χ0n) is 7.97. The lowest BCUT2D eigenvalue weighted by Crippen LogP contribution is -2.36. The molecular weight excluding hydrogens is 204 g/mol. The summed E-state index contributed by atoms with van der Waals surface area (Å²) in [6.45, 7) is 0. The van der Waals surface area contributed by atoms with Crippen LogP contribution in [-0.4, -0.2) is 44.7 Å². The monoisotopic (exact) mass is 216 g/mol. The number of rotatable bonds is 5. The Morgan fingerprint density at radius 3 is 3.00 bits per heavy atom. The second-order valence-corrected chi connectivity index (χ2v) is 3.64. The first-order chi connectivity index (χ1) is 6.65. The predicted octanol–water partition coefficient (Wildman–Crippen LogP) is -0.420. The summed E-state index contributed by atoms with van der Waals surface area (Å²) in [5.41, 5.74) is 0. The Balaban J connectivity index is 2.47.